The van der Waals surface area contributed by atoms with Crippen LogP contribution in [0.4, 0.5) is 0 Å². The summed E-state index contributed by atoms with van der Waals surface area (Å²) in [5.41, 5.74) is 2.95. The fourth-order valence-electron chi connectivity index (χ4n) is 2.40. The van der Waals surface area contributed by atoms with Crippen LogP contribution >= 0.6 is 0 Å². The van der Waals surface area contributed by atoms with Gasteiger partial charge in [-0.25, -0.2) is 0 Å². The number of hydrogen-bond donors (Lipinski definition) is 0. The molecule has 1 atom stereocenters. The first-order chi connectivity index (χ1) is 8.96. The van der Waals surface area contributed by atoms with E-state index in [-0.39, 0.29) is 5.92 Å². The van der Waals surface area contributed by atoms with Crippen molar-refractivity contribution in [2.45, 2.75) is 65.7 Å². The second-order valence-electron chi connectivity index (χ2n) is 6.67. The topological polar surface area (TPSA) is 0 Å². The Labute approximate surface area is 119 Å². The highest BCUT2D eigenvalue weighted by Gasteiger charge is 2.12. The van der Waals surface area contributed by atoms with Crippen LogP contribution in [0, 0.1) is 17.8 Å². The Morgan fingerprint density at radius 1 is 1.11 bits per heavy atom. The SMILES string of the molecule is [C]#CC(CCCCC)c1ccc(CC(C)(C)C)cc1. The summed E-state index contributed by atoms with van der Waals surface area (Å²) in [4.78, 5) is 0. The average molecular weight is 255 g/mol. The lowest BCUT2D eigenvalue weighted by molar-refractivity contribution is 0.411. The summed E-state index contributed by atoms with van der Waals surface area (Å²) in [7, 11) is 0. The van der Waals surface area contributed by atoms with Gasteiger partial charge in [-0.05, 0) is 35.8 Å². The average Bonchev–Trinajstić information content (AvgIpc) is 2.34. The maximum Gasteiger partial charge on any atom is 0.0462 e. The summed E-state index contributed by atoms with van der Waals surface area (Å²) in [6, 6.07) is 8.79. The highest BCUT2D eigenvalue weighted by molar-refractivity contribution is 5.29. The minimum absolute atomic E-state index is 0.176. The van der Waals surface area contributed by atoms with E-state index in [4.69, 9.17) is 6.42 Å². The van der Waals surface area contributed by atoms with E-state index in [1.54, 1.807) is 0 Å². The molecule has 0 saturated carbocycles. The van der Waals surface area contributed by atoms with Gasteiger partial charge >= 0.3 is 0 Å². The van der Waals surface area contributed by atoms with Gasteiger partial charge in [-0.2, -0.15) is 0 Å². The molecule has 0 aliphatic heterocycles. The highest BCUT2D eigenvalue weighted by atomic mass is 14.2. The van der Waals surface area contributed by atoms with Crippen LogP contribution in [-0.2, 0) is 6.42 Å². The van der Waals surface area contributed by atoms with Gasteiger partial charge in [-0.1, -0.05) is 77.1 Å². The summed E-state index contributed by atoms with van der Waals surface area (Å²) in [6.45, 7) is 9.00. The molecular weight excluding hydrogens is 228 g/mol. The molecule has 1 aromatic carbocycles. The third-order valence-corrected chi connectivity index (χ3v) is 3.39. The van der Waals surface area contributed by atoms with Crippen molar-refractivity contribution in [2.24, 2.45) is 5.41 Å². The molecule has 0 nitrogen and oxygen atoms in total. The second-order valence-corrected chi connectivity index (χ2v) is 6.67. The predicted octanol–water partition coefficient (Wildman–Crippen LogP) is 5.53. The van der Waals surface area contributed by atoms with E-state index in [0.29, 0.717) is 5.41 Å². The van der Waals surface area contributed by atoms with Crippen LogP contribution in [0.25, 0.3) is 0 Å². The minimum Gasteiger partial charge on any atom is -0.0809 e. The Morgan fingerprint density at radius 3 is 2.21 bits per heavy atom. The third-order valence-electron chi connectivity index (χ3n) is 3.39. The molecule has 0 saturated heterocycles. The first kappa shape index (κ1) is 15.8. The van der Waals surface area contributed by atoms with Crippen LogP contribution in [-0.4, -0.2) is 0 Å². The summed E-state index contributed by atoms with van der Waals surface area (Å²) >= 11 is 0. The van der Waals surface area contributed by atoms with Gasteiger partial charge in [0, 0.05) is 5.92 Å². The van der Waals surface area contributed by atoms with Gasteiger partial charge in [0.2, 0.25) is 0 Å². The van der Waals surface area contributed by atoms with Crippen LogP contribution < -0.4 is 0 Å². The fourth-order valence-corrected chi connectivity index (χ4v) is 2.40. The first-order valence-electron chi connectivity index (χ1n) is 7.47. The molecule has 0 heteroatoms. The number of benzene rings is 1. The predicted molar refractivity (Wildman–Crippen MR) is 83.6 cm³/mol. The number of hydrogen-bond acceptors (Lipinski definition) is 0. The zero-order valence-corrected chi connectivity index (χ0v) is 12.9. The van der Waals surface area contributed by atoms with Crippen LogP contribution in [0.5, 0.6) is 0 Å². The summed E-state index contributed by atoms with van der Waals surface area (Å²) < 4.78 is 0. The molecule has 0 amide bonds. The largest absolute Gasteiger partial charge is 0.0809 e. The molecule has 1 rings (SSSR count). The van der Waals surface area contributed by atoms with Crippen molar-refractivity contribution in [3.05, 3.63) is 41.8 Å². The Morgan fingerprint density at radius 2 is 1.74 bits per heavy atom. The number of rotatable bonds is 6. The molecule has 1 aromatic rings. The lowest BCUT2D eigenvalue weighted by Gasteiger charge is -2.18. The van der Waals surface area contributed by atoms with Gasteiger partial charge in [0.25, 0.3) is 0 Å². The molecule has 0 aliphatic rings. The third kappa shape index (κ3) is 5.97. The Balaban J connectivity index is 2.66. The Hall–Kier alpha value is -1.22. The van der Waals surface area contributed by atoms with E-state index >= 15 is 0 Å². The van der Waals surface area contributed by atoms with Crippen molar-refractivity contribution in [2.75, 3.05) is 0 Å². The van der Waals surface area contributed by atoms with Gasteiger partial charge in [-0.15, -0.1) is 0 Å². The zero-order chi connectivity index (χ0) is 14.3. The maximum atomic E-state index is 7.48. The molecule has 0 fully saturated rings. The van der Waals surface area contributed by atoms with Gasteiger partial charge in [0.1, 0.15) is 0 Å². The second kappa shape index (κ2) is 7.39. The van der Waals surface area contributed by atoms with Gasteiger partial charge in [0.15, 0.2) is 0 Å². The smallest absolute Gasteiger partial charge is 0.0462 e. The van der Waals surface area contributed by atoms with Crippen LogP contribution in [0.3, 0.4) is 0 Å². The quantitative estimate of drug-likeness (QED) is 0.463. The first-order valence-corrected chi connectivity index (χ1v) is 7.47. The van der Waals surface area contributed by atoms with E-state index in [1.165, 1.54) is 30.4 Å². The van der Waals surface area contributed by atoms with E-state index < -0.39 is 0 Å². The maximum absolute atomic E-state index is 7.48. The summed E-state index contributed by atoms with van der Waals surface area (Å²) in [5, 5.41) is 0. The fraction of sp³-hybridized carbons (Fsp3) is 0.579. The lowest BCUT2D eigenvalue weighted by Crippen LogP contribution is -2.09. The standard InChI is InChI=1S/C19H27/c1-6-8-9-10-17(7-2)18-13-11-16(12-14-18)15-19(3,4)5/h11-14,17H,6,8-10,15H2,1,3-5H3. The molecule has 0 spiro atoms. The Bertz CT molecular complexity index is 397. The molecule has 0 bridgehead atoms. The van der Waals surface area contributed by atoms with Crippen molar-refractivity contribution in [1.82, 2.24) is 0 Å². The molecule has 0 heterocycles. The molecule has 1 radical (unpaired) electrons. The number of unbranched alkanes of at least 4 members (excludes halogenated alkanes) is 2. The summed E-state index contributed by atoms with van der Waals surface area (Å²) in [5.74, 6) is 2.87. The van der Waals surface area contributed by atoms with Gasteiger partial charge < -0.3 is 0 Å². The van der Waals surface area contributed by atoms with Crippen molar-refractivity contribution in [1.29, 1.82) is 0 Å². The minimum atomic E-state index is 0.176. The van der Waals surface area contributed by atoms with E-state index in [0.717, 1.165) is 12.8 Å². The molecule has 19 heavy (non-hydrogen) atoms. The zero-order valence-electron chi connectivity index (χ0n) is 12.9. The molecule has 0 aromatic heterocycles. The van der Waals surface area contributed by atoms with Crippen molar-refractivity contribution < 1.29 is 0 Å². The van der Waals surface area contributed by atoms with Gasteiger partial charge in [-0.3, -0.25) is 0 Å². The molecule has 103 valence electrons. The van der Waals surface area contributed by atoms with Crippen LogP contribution in [0.2, 0.25) is 0 Å². The normalized spacial score (nSPS) is 13.0. The molecule has 0 N–H and O–H groups in total. The Kier molecular flexibility index (Phi) is 6.16. The molecule has 1 unspecified atom stereocenters. The van der Waals surface area contributed by atoms with E-state index in [2.05, 4.69) is 57.9 Å². The van der Waals surface area contributed by atoms with Gasteiger partial charge in [0.05, 0.1) is 0 Å². The summed E-state index contributed by atoms with van der Waals surface area (Å²) in [6.07, 6.45) is 13.3. The van der Waals surface area contributed by atoms with Crippen LogP contribution in [0.1, 0.15) is 70.4 Å². The monoisotopic (exact) mass is 255 g/mol. The van der Waals surface area contributed by atoms with Crippen molar-refractivity contribution in [3.8, 4) is 5.92 Å². The molecular formula is C19H27. The van der Waals surface area contributed by atoms with Crippen molar-refractivity contribution in [3.63, 3.8) is 0 Å². The highest BCUT2D eigenvalue weighted by Crippen LogP contribution is 2.25. The van der Waals surface area contributed by atoms with Crippen molar-refractivity contribution >= 4 is 0 Å². The lowest BCUT2D eigenvalue weighted by atomic mass is 9.87. The molecule has 0 aliphatic carbocycles. The van der Waals surface area contributed by atoms with E-state index in [1.807, 2.05) is 0 Å². The van der Waals surface area contributed by atoms with Crippen LogP contribution in [0.15, 0.2) is 24.3 Å². The van der Waals surface area contributed by atoms with E-state index in [9.17, 15) is 0 Å².